The van der Waals surface area contributed by atoms with E-state index in [1.807, 2.05) is 20.2 Å². The molecule has 1 amide bonds. The van der Waals surface area contributed by atoms with E-state index in [1.165, 1.54) is 5.56 Å². The number of hydrogen-bond acceptors (Lipinski definition) is 2. The highest BCUT2D eigenvalue weighted by molar-refractivity contribution is 5.79. The Bertz CT molecular complexity index is 343. The summed E-state index contributed by atoms with van der Waals surface area (Å²) in [6.45, 7) is 2.77. The number of carbonyl (C=O) groups is 1. The number of hydrogen-bond donors (Lipinski definition) is 1. The Morgan fingerprint density at radius 3 is 2.92 bits per heavy atom. The van der Waals surface area contributed by atoms with Crippen LogP contribution in [0, 0.1) is 6.92 Å². The Kier molecular flexibility index (Phi) is 1.83. The van der Waals surface area contributed by atoms with Crippen LogP contribution in [0.3, 0.4) is 0 Å². The normalized spacial score (nSPS) is 22.0. The number of aryl methyl sites for hydroxylation is 2. The smallest absolute Gasteiger partial charge is 0.220 e. The lowest BCUT2D eigenvalue weighted by molar-refractivity contribution is -0.119. The molecule has 13 heavy (non-hydrogen) atoms. The van der Waals surface area contributed by atoms with E-state index in [1.54, 1.807) is 4.68 Å². The van der Waals surface area contributed by atoms with Gasteiger partial charge in [0, 0.05) is 32.1 Å². The summed E-state index contributed by atoms with van der Waals surface area (Å²) in [6, 6.07) is 0. The first-order valence-electron chi connectivity index (χ1n) is 4.43. The van der Waals surface area contributed by atoms with Gasteiger partial charge in [-0.2, -0.15) is 5.10 Å². The minimum atomic E-state index is 0.134. The zero-order valence-electron chi connectivity index (χ0n) is 7.87. The lowest BCUT2D eigenvalue weighted by Crippen LogP contribution is -2.13. The summed E-state index contributed by atoms with van der Waals surface area (Å²) in [4.78, 5) is 11.0. The van der Waals surface area contributed by atoms with Crippen LogP contribution in [-0.2, 0) is 11.8 Å². The molecule has 1 aliphatic heterocycles. The molecule has 1 aliphatic rings. The SMILES string of the molecule is Cc1cn(C)nc1C1CNC(=O)C1. The first-order chi connectivity index (χ1) is 6.16. The van der Waals surface area contributed by atoms with E-state index in [0.717, 1.165) is 12.2 Å². The van der Waals surface area contributed by atoms with Gasteiger partial charge in [0.2, 0.25) is 5.91 Å². The Morgan fingerprint density at radius 1 is 1.69 bits per heavy atom. The average Bonchev–Trinajstić information content (AvgIpc) is 2.58. The maximum absolute atomic E-state index is 11.0. The Labute approximate surface area is 76.9 Å². The molecular weight excluding hydrogens is 166 g/mol. The van der Waals surface area contributed by atoms with Crippen molar-refractivity contribution < 1.29 is 4.79 Å². The van der Waals surface area contributed by atoms with Crippen molar-refractivity contribution in [3.63, 3.8) is 0 Å². The van der Waals surface area contributed by atoms with Gasteiger partial charge in [-0.1, -0.05) is 0 Å². The molecule has 1 aromatic heterocycles. The number of aromatic nitrogens is 2. The summed E-state index contributed by atoms with van der Waals surface area (Å²) < 4.78 is 1.80. The predicted molar refractivity (Wildman–Crippen MR) is 48.3 cm³/mol. The van der Waals surface area contributed by atoms with Crippen molar-refractivity contribution in [2.45, 2.75) is 19.3 Å². The van der Waals surface area contributed by atoms with Crippen molar-refractivity contribution in [2.75, 3.05) is 6.54 Å². The summed E-state index contributed by atoms with van der Waals surface area (Å²) in [5.41, 5.74) is 2.23. The van der Waals surface area contributed by atoms with Crippen LogP contribution in [0.1, 0.15) is 23.6 Å². The van der Waals surface area contributed by atoms with Crippen LogP contribution in [0.2, 0.25) is 0 Å². The molecule has 0 bridgehead atoms. The molecule has 1 saturated heterocycles. The first-order valence-corrected chi connectivity index (χ1v) is 4.43. The fraction of sp³-hybridized carbons (Fsp3) is 0.556. The predicted octanol–water partition coefficient (Wildman–Crippen LogP) is 0.332. The van der Waals surface area contributed by atoms with Gasteiger partial charge in [0.1, 0.15) is 0 Å². The van der Waals surface area contributed by atoms with Crippen LogP contribution >= 0.6 is 0 Å². The standard InChI is InChI=1S/C9H13N3O/c1-6-5-12(2)11-9(6)7-3-8(13)10-4-7/h5,7H,3-4H2,1-2H3,(H,10,13). The summed E-state index contributed by atoms with van der Waals surface area (Å²) in [7, 11) is 1.90. The van der Waals surface area contributed by atoms with E-state index in [2.05, 4.69) is 10.4 Å². The minimum Gasteiger partial charge on any atom is -0.355 e. The van der Waals surface area contributed by atoms with Crippen molar-refractivity contribution in [1.82, 2.24) is 15.1 Å². The monoisotopic (exact) mass is 179 g/mol. The molecule has 0 radical (unpaired) electrons. The molecule has 0 aliphatic carbocycles. The molecule has 0 saturated carbocycles. The zero-order chi connectivity index (χ0) is 9.42. The lowest BCUT2D eigenvalue weighted by Gasteiger charge is -2.03. The average molecular weight is 179 g/mol. The van der Waals surface area contributed by atoms with Crippen LogP contribution in [0.15, 0.2) is 6.20 Å². The highest BCUT2D eigenvalue weighted by Gasteiger charge is 2.26. The third-order valence-corrected chi connectivity index (χ3v) is 2.41. The van der Waals surface area contributed by atoms with Gasteiger partial charge < -0.3 is 5.32 Å². The molecule has 0 spiro atoms. The highest BCUT2D eigenvalue weighted by Crippen LogP contribution is 2.23. The first kappa shape index (κ1) is 8.29. The second kappa shape index (κ2) is 2.87. The van der Waals surface area contributed by atoms with Gasteiger partial charge >= 0.3 is 0 Å². The molecule has 4 heteroatoms. The van der Waals surface area contributed by atoms with Gasteiger partial charge in [0.15, 0.2) is 0 Å². The van der Waals surface area contributed by atoms with Gasteiger partial charge in [-0.25, -0.2) is 0 Å². The largest absolute Gasteiger partial charge is 0.355 e. The van der Waals surface area contributed by atoms with Gasteiger partial charge in [-0.3, -0.25) is 9.48 Å². The summed E-state index contributed by atoms with van der Waals surface area (Å²) in [6.07, 6.45) is 2.57. The molecule has 2 heterocycles. The van der Waals surface area contributed by atoms with Gasteiger partial charge in [0.05, 0.1) is 5.69 Å². The molecule has 1 fully saturated rings. The number of rotatable bonds is 1. The Hall–Kier alpha value is -1.32. The molecular formula is C9H13N3O. The molecule has 1 unspecified atom stereocenters. The van der Waals surface area contributed by atoms with Crippen LogP contribution in [0.5, 0.6) is 0 Å². The maximum Gasteiger partial charge on any atom is 0.220 e. The van der Waals surface area contributed by atoms with Crippen molar-refractivity contribution in [3.05, 3.63) is 17.5 Å². The highest BCUT2D eigenvalue weighted by atomic mass is 16.1. The van der Waals surface area contributed by atoms with E-state index >= 15 is 0 Å². The van der Waals surface area contributed by atoms with E-state index in [-0.39, 0.29) is 11.8 Å². The Balaban J connectivity index is 2.25. The van der Waals surface area contributed by atoms with Crippen molar-refractivity contribution >= 4 is 5.91 Å². The maximum atomic E-state index is 11.0. The van der Waals surface area contributed by atoms with Crippen molar-refractivity contribution in [3.8, 4) is 0 Å². The van der Waals surface area contributed by atoms with Gasteiger partial charge in [0.25, 0.3) is 0 Å². The molecule has 4 nitrogen and oxygen atoms in total. The van der Waals surface area contributed by atoms with Crippen LogP contribution in [0.25, 0.3) is 0 Å². The third-order valence-electron chi connectivity index (χ3n) is 2.41. The fourth-order valence-electron chi connectivity index (χ4n) is 1.83. The zero-order valence-corrected chi connectivity index (χ0v) is 7.87. The molecule has 1 atom stereocenters. The summed E-state index contributed by atoms with van der Waals surface area (Å²) in [5, 5.41) is 7.17. The molecule has 1 aromatic rings. The second-order valence-corrected chi connectivity index (χ2v) is 3.58. The van der Waals surface area contributed by atoms with Crippen molar-refractivity contribution in [1.29, 1.82) is 0 Å². The van der Waals surface area contributed by atoms with Gasteiger partial charge in [-0.15, -0.1) is 0 Å². The van der Waals surface area contributed by atoms with Crippen LogP contribution < -0.4 is 5.32 Å². The van der Waals surface area contributed by atoms with E-state index in [4.69, 9.17) is 0 Å². The Morgan fingerprint density at radius 2 is 2.46 bits per heavy atom. The van der Waals surface area contributed by atoms with E-state index in [9.17, 15) is 4.79 Å². The molecule has 70 valence electrons. The second-order valence-electron chi connectivity index (χ2n) is 3.58. The van der Waals surface area contributed by atoms with Crippen molar-refractivity contribution in [2.24, 2.45) is 7.05 Å². The van der Waals surface area contributed by atoms with E-state index < -0.39 is 0 Å². The molecule has 1 N–H and O–H groups in total. The minimum absolute atomic E-state index is 0.134. The number of nitrogens with zero attached hydrogens (tertiary/aromatic N) is 2. The van der Waals surface area contributed by atoms with Gasteiger partial charge in [-0.05, 0) is 12.5 Å². The van der Waals surface area contributed by atoms with Crippen LogP contribution in [0.4, 0.5) is 0 Å². The van der Waals surface area contributed by atoms with E-state index in [0.29, 0.717) is 6.42 Å². The molecule has 0 aromatic carbocycles. The fourth-order valence-corrected chi connectivity index (χ4v) is 1.83. The topological polar surface area (TPSA) is 46.9 Å². The summed E-state index contributed by atoms with van der Waals surface area (Å²) in [5.74, 6) is 0.406. The molecule has 2 rings (SSSR count). The number of nitrogens with one attached hydrogen (secondary N) is 1. The number of amides is 1. The quantitative estimate of drug-likeness (QED) is 0.675. The number of carbonyl (C=O) groups excluding carboxylic acids is 1. The lowest BCUT2D eigenvalue weighted by atomic mass is 10.0. The van der Waals surface area contributed by atoms with Crippen LogP contribution in [-0.4, -0.2) is 22.2 Å². The summed E-state index contributed by atoms with van der Waals surface area (Å²) >= 11 is 0. The third kappa shape index (κ3) is 1.43.